The third kappa shape index (κ3) is 12.2. The van der Waals surface area contributed by atoms with Gasteiger partial charge in [0.05, 0.1) is 32.6 Å². The van der Waals surface area contributed by atoms with Gasteiger partial charge in [-0.3, -0.25) is 9.35 Å². The van der Waals surface area contributed by atoms with E-state index in [1.54, 1.807) is 13.8 Å². The quantitative estimate of drug-likeness (QED) is 0.104. The molecule has 3 rings (SSSR count). The van der Waals surface area contributed by atoms with Crippen LogP contribution in [-0.4, -0.2) is 64.5 Å². The second-order valence-electron chi connectivity index (χ2n) is 8.96. The van der Waals surface area contributed by atoms with E-state index >= 15 is 0 Å². The van der Waals surface area contributed by atoms with Crippen molar-refractivity contribution in [2.75, 3.05) is 5.32 Å². The summed E-state index contributed by atoms with van der Waals surface area (Å²) in [6.45, 7) is 5.36. The van der Waals surface area contributed by atoms with Crippen molar-refractivity contribution in [3.63, 3.8) is 0 Å². The number of hydrogen-bond donors (Lipinski definition) is 2. The van der Waals surface area contributed by atoms with Gasteiger partial charge in [-0.1, -0.05) is 0 Å². The molecule has 0 aliphatic carbocycles. The van der Waals surface area contributed by atoms with E-state index in [1.807, 2.05) is 0 Å². The summed E-state index contributed by atoms with van der Waals surface area (Å²) in [7, 11) is -15.7. The van der Waals surface area contributed by atoms with Crippen molar-refractivity contribution in [3.8, 4) is 11.9 Å². The Kier molecular flexibility index (Phi) is 17.6. The molecule has 2 heterocycles. The average Bonchev–Trinajstić information content (AvgIpc) is 2.84. The molecule has 0 amide bonds. The average molecular weight is 764 g/mol. The van der Waals surface area contributed by atoms with E-state index in [0.717, 1.165) is 6.92 Å². The van der Waals surface area contributed by atoms with E-state index < -0.39 is 103 Å². The maximum Gasteiger partial charge on any atom is 1.00 e. The van der Waals surface area contributed by atoms with Gasteiger partial charge >= 0.3 is 94.7 Å². The van der Waals surface area contributed by atoms with Crippen LogP contribution >= 0.6 is 11.6 Å². The smallest absolute Gasteiger partial charge is 0.860 e. The minimum atomic E-state index is -5.45. The van der Waals surface area contributed by atoms with E-state index in [9.17, 15) is 48.8 Å². The number of nitrogens with zero attached hydrogens (tertiary/aromatic N) is 6. The van der Waals surface area contributed by atoms with Crippen molar-refractivity contribution < 1.29 is 137 Å². The summed E-state index contributed by atoms with van der Waals surface area (Å²) in [5, 5.41) is 21.5. The first-order chi connectivity index (χ1) is 20.1. The molecule has 0 aliphatic rings. The van der Waals surface area contributed by atoms with Gasteiger partial charge in [0.25, 0.3) is 15.7 Å². The minimum absolute atomic E-state index is 0. The fourth-order valence-corrected chi connectivity index (χ4v) is 5.72. The van der Waals surface area contributed by atoms with E-state index in [1.165, 1.54) is 6.92 Å². The summed E-state index contributed by atoms with van der Waals surface area (Å²) >= 11 is 5.84. The molecule has 19 nitrogen and oxygen atoms in total. The largest absolute Gasteiger partial charge is 1.00 e. The van der Waals surface area contributed by atoms with Gasteiger partial charge in [0.1, 0.15) is 20.7 Å². The van der Waals surface area contributed by atoms with Crippen LogP contribution in [0, 0.1) is 6.92 Å². The predicted octanol–water partition coefficient (Wildman–Crippen LogP) is -7.76. The van der Waals surface area contributed by atoms with Gasteiger partial charge in [0.15, 0.2) is 5.69 Å². The number of hydrogen-bond acceptors (Lipinski definition) is 17. The number of pyridine rings is 1. The van der Waals surface area contributed by atoms with Crippen LogP contribution < -0.4 is 109 Å². The zero-order chi connectivity index (χ0) is 33.4. The van der Waals surface area contributed by atoms with Crippen molar-refractivity contribution in [3.05, 3.63) is 38.9 Å². The number of anilines is 2. The van der Waals surface area contributed by atoms with Crippen LogP contribution in [0.5, 0.6) is 11.9 Å². The summed E-state index contributed by atoms with van der Waals surface area (Å²) in [6, 6.07) is 0.544. The predicted molar refractivity (Wildman–Crippen MR) is 146 cm³/mol. The fourth-order valence-electron chi connectivity index (χ4n) is 3.61. The van der Waals surface area contributed by atoms with Crippen LogP contribution in [0.15, 0.2) is 36.9 Å². The Labute approximate surface area is 340 Å². The van der Waals surface area contributed by atoms with Gasteiger partial charge in [0, 0.05) is 6.54 Å². The first kappa shape index (κ1) is 46.2. The Morgan fingerprint density at radius 1 is 1.02 bits per heavy atom. The summed E-state index contributed by atoms with van der Waals surface area (Å²) in [4.78, 5) is 21.8. The Morgan fingerprint density at radius 2 is 1.62 bits per heavy atom. The monoisotopic (exact) mass is 763 g/mol. The fraction of sp³-hybridized carbons (Fsp3) is 0.333. The van der Waals surface area contributed by atoms with Gasteiger partial charge in [-0.25, -0.2) is 16.8 Å². The van der Waals surface area contributed by atoms with Crippen molar-refractivity contribution in [2.24, 2.45) is 10.2 Å². The molecule has 0 bridgehead atoms. The summed E-state index contributed by atoms with van der Waals surface area (Å²) in [5.41, 5.74) is -4.62. The molecule has 0 atom stereocenters. The number of rotatable bonds is 11. The first-order valence-corrected chi connectivity index (χ1v) is 16.7. The molecule has 47 heavy (non-hydrogen) atoms. The number of azo groups is 1. The van der Waals surface area contributed by atoms with Crippen LogP contribution in [0.25, 0.3) is 0 Å². The van der Waals surface area contributed by atoms with Gasteiger partial charge in [-0.15, -0.1) is 10.2 Å². The second-order valence-corrected chi connectivity index (χ2v) is 13.4. The van der Waals surface area contributed by atoms with E-state index in [-0.39, 0.29) is 101 Å². The number of halogens is 1. The molecule has 0 radical (unpaired) electrons. The zero-order valence-corrected chi connectivity index (χ0v) is 35.1. The molecule has 1 aromatic carbocycles. The molecule has 0 fully saturated rings. The molecule has 0 aliphatic heterocycles. The van der Waals surface area contributed by atoms with Crippen molar-refractivity contribution >= 4 is 65.0 Å². The van der Waals surface area contributed by atoms with Crippen LogP contribution in [0.4, 0.5) is 23.0 Å². The standard InChI is InChI=1S/C21H24ClN7O12S3.3Na/c1-5-29-17(30)11(8-42(32,33)34)10(4)16(18(29)31)28-27-13-7-14(43(35,36)37)12(6-15(13)44(38,39)40)23-20-24-19(22)25-21(26-20)41-9(2)3;;;/h6-7,9,30H,5,8H2,1-4H3,(H,32,33,34)(H,35,36,37)(H,38,39,40)(H,23,24,25,26);;;/q;3*+1/p-3. The minimum Gasteiger partial charge on any atom is -0.860 e. The molecule has 3 aromatic rings. The second kappa shape index (κ2) is 17.9. The molecule has 0 saturated carbocycles. The van der Waals surface area contributed by atoms with E-state index in [4.69, 9.17) is 16.3 Å². The van der Waals surface area contributed by atoms with Gasteiger partial charge in [-0.05, 0) is 68.4 Å². The molecule has 2 N–H and O–H groups in total. The summed E-state index contributed by atoms with van der Waals surface area (Å²) in [6.07, 6.45) is -0.439. The third-order valence-corrected chi connectivity index (χ3v) is 8.01. The van der Waals surface area contributed by atoms with Crippen LogP contribution in [0.3, 0.4) is 0 Å². The third-order valence-electron chi connectivity index (χ3n) is 5.44. The molecular weight excluding hydrogens is 743 g/mol. The SMILES string of the molecule is CCn1c([O-])c(CS(=O)(=O)[O-])c(C)c(N=Nc2cc(S(=O)(=O)[O-])c(Nc3nc(Cl)nc(OC(C)C)n3)cc2S(=O)(=O)O)c1=O.[Na+].[Na+].[Na+]. The molecule has 2 aromatic heterocycles. The van der Waals surface area contributed by atoms with Crippen LogP contribution in [-0.2, 0) is 42.7 Å². The maximum atomic E-state index is 12.9. The Bertz CT molecular complexity index is 2070. The van der Waals surface area contributed by atoms with Gasteiger partial charge in [-0.2, -0.15) is 23.4 Å². The molecule has 26 heteroatoms. The van der Waals surface area contributed by atoms with Crippen LogP contribution in [0.2, 0.25) is 5.28 Å². The van der Waals surface area contributed by atoms with Crippen molar-refractivity contribution in [1.29, 1.82) is 0 Å². The molecule has 0 spiro atoms. The number of aromatic nitrogens is 4. The summed E-state index contributed by atoms with van der Waals surface area (Å²) < 4.78 is 111. The molecular formula is C21H21ClN7Na3O12S3. The number of nitrogens with one attached hydrogen (secondary N) is 1. The van der Waals surface area contributed by atoms with Crippen molar-refractivity contribution in [1.82, 2.24) is 19.5 Å². The molecule has 0 unspecified atom stereocenters. The van der Waals surface area contributed by atoms with Crippen LogP contribution in [0.1, 0.15) is 31.9 Å². The molecule has 240 valence electrons. The number of ether oxygens (including phenoxy) is 1. The topological polar surface area (TPSA) is 298 Å². The Balaban J connectivity index is 0.00000705. The van der Waals surface area contributed by atoms with Crippen molar-refractivity contribution in [2.45, 2.75) is 55.9 Å². The van der Waals surface area contributed by atoms with Gasteiger partial charge < -0.3 is 28.8 Å². The van der Waals surface area contributed by atoms with Gasteiger partial charge in [0.2, 0.25) is 11.2 Å². The Morgan fingerprint density at radius 3 is 2.11 bits per heavy atom. The molecule has 0 saturated heterocycles. The summed E-state index contributed by atoms with van der Waals surface area (Å²) in [5.74, 6) is -2.92. The maximum absolute atomic E-state index is 12.9. The first-order valence-electron chi connectivity index (χ1n) is 11.9. The zero-order valence-electron chi connectivity index (χ0n) is 25.9. The number of benzene rings is 1. The Hall–Kier alpha value is -0.800. The van der Waals surface area contributed by atoms with E-state index in [2.05, 4.69) is 30.5 Å². The van der Waals surface area contributed by atoms with E-state index in [0.29, 0.717) is 16.7 Å². The normalized spacial score (nSPS) is 11.9.